The lowest BCUT2D eigenvalue weighted by Gasteiger charge is -2.25. The van der Waals surface area contributed by atoms with Gasteiger partial charge in [0.2, 0.25) is 0 Å². The lowest BCUT2D eigenvalue weighted by molar-refractivity contribution is 0.348. The normalized spacial score (nSPS) is 12.4. The number of rotatable bonds is 8. The van der Waals surface area contributed by atoms with Crippen molar-refractivity contribution in [1.29, 1.82) is 0 Å². The van der Waals surface area contributed by atoms with E-state index in [9.17, 15) is 8.42 Å². The van der Waals surface area contributed by atoms with Crippen LogP contribution in [0.2, 0.25) is 0 Å². The molecule has 0 spiro atoms. The van der Waals surface area contributed by atoms with Gasteiger partial charge in [0.05, 0.1) is 12.3 Å². The quantitative estimate of drug-likeness (QED) is 0.340. The Hall–Kier alpha value is -0.830. The number of guanidine groups is 1. The van der Waals surface area contributed by atoms with Crippen molar-refractivity contribution in [1.82, 2.24) is 10.6 Å². The van der Waals surface area contributed by atoms with E-state index < -0.39 is 9.84 Å². The number of sulfone groups is 1. The summed E-state index contributed by atoms with van der Waals surface area (Å²) in [5.41, 5.74) is 2.28. The fourth-order valence-electron chi connectivity index (χ4n) is 2.08. The van der Waals surface area contributed by atoms with E-state index in [1.165, 1.54) is 11.8 Å². The molecule has 1 aromatic rings. The van der Waals surface area contributed by atoms with Gasteiger partial charge < -0.3 is 10.6 Å². The van der Waals surface area contributed by atoms with Gasteiger partial charge in [-0.15, -0.1) is 24.0 Å². The first-order valence-electron chi connectivity index (χ1n) is 8.37. The number of hydrogen-bond acceptors (Lipinski definition) is 3. The Morgan fingerprint density at radius 2 is 1.76 bits per heavy atom. The van der Waals surface area contributed by atoms with Crippen LogP contribution in [-0.4, -0.2) is 39.5 Å². The highest BCUT2D eigenvalue weighted by Gasteiger charge is 2.20. The van der Waals surface area contributed by atoms with E-state index in [2.05, 4.69) is 60.7 Å². The van der Waals surface area contributed by atoms with E-state index in [-0.39, 0.29) is 35.1 Å². The minimum Gasteiger partial charge on any atom is -0.357 e. The lowest BCUT2D eigenvalue weighted by Crippen LogP contribution is -2.42. The van der Waals surface area contributed by atoms with Crippen LogP contribution in [0.15, 0.2) is 29.3 Å². The summed E-state index contributed by atoms with van der Waals surface area (Å²) in [7, 11) is -2.93. The van der Waals surface area contributed by atoms with Gasteiger partial charge in [-0.1, -0.05) is 43.7 Å². The molecule has 25 heavy (non-hydrogen) atoms. The molecule has 0 atom stereocenters. The summed E-state index contributed by atoms with van der Waals surface area (Å²) < 4.78 is 22.7. The van der Waals surface area contributed by atoms with E-state index >= 15 is 0 Å². The van der Waals surface area contributed by atoms with E-state index in [0.717, 1.165) is 18.1 Å². The lowest BCUT2D eigenvalue weighted by atomic mass is 9.90. The van der Waals surface area contributed by atoms with E-state index in [4.69, 9.17) is 0 Å². The van der Waals surface area contributed by atoms with Crippen LogP contribution in [0.5, 0.6) is 0 Å². The highest BCUT2D eigenvalue weighted by molar-refractivity contribution is 14.0. The number of hydrogen-bond donors (Lipinski definition) is 2. The number of nitrogens with one attached hydrogen (secondary N) is 2. The third-order valence-corrected chi connectivity index (χ3v) is 4.71. The molecule has 0 saturated heterocycles. The summed E-state index contributed by atoms with van der Waals surface area (Å²) in [6, 6.07) is 8.33. The summed E-state index contributed by atoms with van der Waals surface area (Å²) in [5, 5.41) is 6.55. The molecule has 0 aliphatic carbocycles. The van der Waals surface area contributed by atoms with Crippen LogP contribution in [-0.2, 0) is 16.4 Å². The first-order valence-corrected chi connectivity index (χ1v) is 10.4. The van der Waals surface area contributed by atoms with Crippen LogP contribution in [0.3, 0.4) is 0 Å². The Kier molecular flexibility index (Phi) is 10.6. The van der Waals surface area contributed by atoms with E-state index in [1.807, 2.05) is 6.92 Å². The van der Waals surface area contributed by atoms with Crippen molar-refractivity contribution in [2.24, 2.45) is 10.4 Å². The topological polar surface area (TPSA) is 70.6 Å². The summed E-state index contributed by atoms with van der Waals surface area (Å²) in [6.07, 6.45) is 1.90. The molecule has 7 heteroatoms. The molecule has 5 nitrogen and oxygen atoms in total. The first kappa shape index (κ1) is 24.2. The Balaban J connectivity index is 0.00000576. The molecule has 1 rings (SSSR count). The second kappa shape index (κ2) is 11.0. The molecule has 0 heterocycles. The summed E-state index contributed by atoms with van der Waals surface area (Å²) in [5.74, 6) is 0.962. The predicted molar refractivity (Wildman–Crippen MR) is 118 cm³/mol. The highest BCUT2D eigenvalue weighted by Crippen LogP contribution is 2.19. The zero-order valence-corrected chi connectivity index (χ0v) is 19.1. The van der Waals surface area contributed by atoms with Crippen molar-refractivity contribution in [3.63, 3.8) is 0 Å². The summed E-state index contributed by atoms with van der Waals surface area (Å²) in [6.45, 7) is 10.3. The molecule has 0 amide bonds. The molecule has 0 bridgehead atoms. The van der Waals surface area contributed by atoms with Crippen molar-refractivity contribution in [3.8, 4) is 0 Å². The van der Waals surface area contributed by atoms with Crippen LogP contribution in [0.4, 0.5) is 0 Å². The second-order valence-corrected chi connectivity index (χ2v) is 9.34. The molecule has 0 saturated carbocycles. The van der Waals surface area contributed by atoms with E-state index in [1.54, 1.807) is 0 Å². The maximum atomic E-state index is 11.3. The van der Waals surface area contributed by atoms with Crippen molar-refractivity contribution >= 4 is 39.8 Å². The summed E-state index contributed by atoms with van der Waals surface area (Å²) in [4.78, 5) is 4.60. The Bertz CT molecular complexity index is 641. The molecular formula is C18H32IN3O2S. The molecule has 0 radical (unpaired) electrons. The molecule has 144 valence electrons. The Labute approximate surface area is 170 Å². The standard InChI is InChI=1S/C18H31N3O2S.HI/c1-6-19-17(20-13-16-9-7-15(2)8-10-16)21-14-18(3,4)11-12-24(5,22)23;/h7-10H,6,11-14H2,1-5H3,(H2,19,20,21);1H. The SMILES string of the molecule is CCNC(=NCc1ccc(C)cc1)NCC(C)(C)CCS(C)(=O)=O.I. The summed E-state index contributed by atoms with van der Waals surface area (Å²) >= 11 is 0. The second-order valence-electron chi connectivity index (χ2n) is 7.08. The Morgan fingerprint density at radius 1 is 1.16 bits per heavy atom. The van der Waals surface area contributed by atoms with Crippen molar-refractivity contribution < 1.29 is 8.42 Å². The molecule has 2 N–H and O–H groups in total. The number of benzene rings is 1. The van der Waals surface area contributed by atoms with Gasteiger partial charge >= 0.3 is 0 Å². The maximum Gasteiger partial charge on any atom is 0.191 e. The minimum atomic E-state index is -2.93. The van der Waals surface area contributed by atoms with Gasteiger partial charge in [0.15, 0.2) is 5.96 Å². The van der Waals surface area contributed by atoms with Gasteiger partial charge in [-0.2, -0.15) is 0 Å². The number of aryl methyl sites for hydroxylation is 1. The van der Waals surface area contributed by atoms with Crippen molar-refractivity contribution in [3.05, 3.63) is 35.4 Å². The van der Waals surface area contributed by atoms with Crippen molar-refractivity contribution in [2.75, 3.05) is 25.1 Å². The number of aliphatic imine (C=N–C) groups is 1. The van der Waals surface area contributed by atoms with Crippen LogP contribution < -0.4 is 10.6 Å². The van der Waals surface area contributed by atoms with Crippen LogP contribution in [0.1, 0.15) is 38.3 Å². The molecule has 0 aromatic heterocycles. The van der Waals surface area contributed by atoms with Crippen molar-refractivity contribution in [2.45, 2.75) is 40.7 Å². The van der Waals surface area contributed by atoms with Crippen LogP contribution >= 0.6 is 24.0 Å². The fraction of sp³-hybridized carbons (Fsp3) is 0.611. The third kappa shape index (κ3) is 11.4. The molecule has 0 aliphatic rings. The number of nitrogens with zero attached hydrogens (tertiary/aromatic N) is 1. The fourth-order valence-corrected chi connectivity index (χ4v) is 3.00. The first-order chi connectivity index (χ1) is 11.1. The Morgan fingerprint density at radius 3 is 2.28 bits per heavy atom. The average molecular weight is 481 g/mol. The highest BCUT2D eigenvalue weighted by atomic mass is 127. The molecule has 0 aliphatic heterocycles. The van der Waals surface area contributed by atoms with E-state index in [0.29, 0.717) is 19.5 Å². The van der Waals surface area contributed by atoms with Gasteiger partial charge in [0, 0.05) is 19.3 Å². The van der Waals surface area contributed by atoms with Crippen LogP contribution in [0.25, 0.3) is 0 Å². The minimum absolute atomic E-state index is 0. The van der Waals surface area contributed by atoms with Gasteiger partial charge in [0.25, 0.3) is 0 Å². The van der Waals surface area contributed by atoms with Crippen LogP contribution in [0, 0.1) is 12.3 Å². The molecule has 1 aromatic carbocycles. The smallest absolute Gasteiger partial charge is 0.191 e. The van der Waals surface area contributed by atoms with Gasteiger partial charge in [-0.3, -0.25) is 0 Å². The number of halogens is 1. The maximum absolute atomic E-state index is 11.3. The zero-order valence-electron chi connectivity index (χ0n) is 15.9. The largest absolute Gasteiger partial charge is 0.357 e. The molecule has 0 fully saturated rings. The monoisotopic (exact) mass is 481 g/mol. The van der Waals surface area contributed by atoms with Gasteiger partial charge in [-0.05, 0) is 31.2 Å². The molecular weight excluding hydrogens is 449 g/mol. The van der Waals surface area contributed by atoms with Gasteiger partial charge in [0.1, 0.15) is 9.84 Å². The average Bonchev–Trinajstić information content (AvgIpc) is 2.49. The zero-order chi connectivity index (χ0) is 18.2. The molecule has 0 unspecified atom stereocenters. The third-order valence-electron chi connectivity index (χ3n) is 3.77. The van der Waals surface area contributed by atoms with Gasteiger partial charge in [-0.25, -0.2) is 13.4 Å². The predicted octanol–water partition coefficient (Wildman–Crippen LogP) is 3.13.